The van der Waals surface area contributed by atoms with E-state index in [1.54, 1.807) is 11.3 Å². The molecule has 0 unspecified atom stereocenters. The molecule has 0 spiro atoms. The molecule has 0 amide bonds. The van der Waals surface area contributed by atoms with Crippen molar-refractivity contribution in [2.75, 3.05) is 0 Å². The van der Waals surface area contributed by atoms with Crippen LogP contribution < -0.4 is 0 Å². The minimum Gasteiger partial charge on any atom is -0.256 e. The van der Waals surface area contributed by atoms with Gasteiger partial charge in [0.05, 0.1) is 20.7 Å². The van der Waals surface area contributed by atoms with E-state index in [0.717, 1.165) is 16.0 Å². The van der Waals surface area contributed by atoms with Crippen LogP contribution in [0.25, 0.3) is 21.1 Å². The van der Waals surface area contributed by atoms with Gasteiger partial charge < -0.3 is 0 Å². The molecule has 15 heavy (non-hydrogen) atoms. The molecule has 0 saturated heterocycles. The third kappa shape index (κ3) is 1.23. The highest BCUT2D eigenvalue weighted by atomic mass is 32.1. The van der Waals surface area contributed by atoms with Crippen molar-refractivity contribution in [3.63, 3.8) is 0 Å². The second-order valence-electron chi connectivity index (χ2n) is 3.67. The van der Waals surface area contributed by atoms with Crippen molar-refractivity contribution in [1.29, 1.82) is 0 Å². The van der Waals surface area contributed by atoms with Crippen molar-refractivity contribution in [3.05, 3.63) is 35.0 Å². The molecule has 74 valence electrons. The van der Waals surface area contributed by atoms with Crippen LogP contribution in [0, 0.1) is 13.8 Å². The number of rotatable bonds is 0. The average Bonchev–Trinajstić information content (AvgIpc) is 2.58. The molecule has 2 aromatic heterocycles. The number of pyridine rings is 1. The van der Waals surface area contributed by atoms with Gasteiger partial charge in [0, 0.05) is 11.6 Å². The summed E-state index contributed by atoms with van der Waals surface area (Å²) in [7, 11) is 0. The molecule has 0 bridgehead atoms. The summed E-state index contributed by atoms with van der Waals surface area (Å²) in [6.07, 6.45) is 1.85. The first-order valence-corrected chi connectivity index (χ1v) is 5.69. The van der Waals surface area contributed by atoms with E-state index in [1.807, 2.05) is 19.2 Å². The number of fused-ring (bicyclic) bond motifs is 3. The highest BCUT2D eigenvalue weighted by molar-refractivity contribution is 7.18. The molecular formula is C12H10N2S. The van der Waals surface area contributed by atoms with Crippen LogP contribution in [-0.2, 0) is 0 Å². The van der Waals surface area contributed by atoms with Gasteiger partial charge in [-0.05, 0) is 37.6 Å². The van der Waals surface area contributed by atoms with Crippen LogP contribution in [0.2, 0.25) is 0 Å². The Morgan fingerprint density at radius 1 is 1.13 bits per heavy atom. The predicted octanol–water partition coefficient (Wildman–Crippen LogP) is 3.46. The lowest BCUT2D eigenvalue weighted by atomic mass is 10.1. The lowest BCUT2D eigenvalue weighted by Crippen LogP contribution is -1.83. The lowest BCUT2D eigenvalue weighted by molar-refractivity contribution is 1.33. The second kappa shape index (κ2) is 3.00. The van der Waals surface area contributed by atoms with Gasteiger partial charge >= 0.3 is 0 Å². The molecule has 0 N–H and O–H groups in total. The summed E-state index contributed by atoms with van der Waals surface area (Å²) in [5.41, 5.74) is 3.38. The van der Waals surface area contributed by atoms with Crippen LogP contribution in [0.1, 0.15) is 10.6 Å². The molecule has 2 nitrogen and oxygen atoms in total. The quantitative estimate of drug-likeness (QED) is 0.572. The number of hydrogen-bond acceptors (Lipinski definition) is 3. The number of nitrogens with zero attached hydrogens (tertiary/aromatic N) is 2. The summed E-state index contributed by atoms with van der Waals surface area (Å²) in [6.45, 7) is 4.15. The highest BCUT2D eigenvalue weighted by Gasteiger charge is 2.07. The largest absolute Gasteiger partial charge is 0.256 e. The summed E-state index contributed by atoms with van der Waals surface area (Å²) in [6, 6.07) is 6.22. The molecular weight excluding hydrogens is 204 g/mol. The maximum absolute atomic E-state index is 4.58. The highest BCUT2D eigenvalue weighted by Crippen LogP contribution is 2.29. The first-order chi connectivity index (χ1) is 7.25. The van der Waals surface area contributed by atoms with Crippen molar-refractivity contribution in [3.8, 4) is 0 Å². The Balaban J connectivity index is 2.62. The van der Waals surface area contributed by atoms with Crippen molar-refractivity contribution < 1.29 is 0 Å². The standard InChI is InChI=1S/C12H10N2S/c1-7-5-6-13-9-3-4-10-12(11(7)9)14-8(2)15-10/h3-6H,1-2H3. The molecule has 0 radical (unpaired) electrons. The second-order valence-corrected chi connectivity index (χ2v) is 4.90. The van der Waals surface area contributed by atoms with E-state index in [1.165, 1.54) is 15.6 Å². The van der Waals surface area contributed by atoms with Crippen LogP contribution in [-0.4, -0.2) is 9.97 Å². The van der Waals surface area contributed by atoms with Gasteiger partial charge in [-0.25, -0.2) is 4.98 Å². The Morgan fingerprint density at radius 3 is 2.87 bits per heavy atom. The number of aromatic nitrogens is 2. The molecule has 3 heteroatoms. The zero-order chi connectivity index (χ0) is 10.4. The molecule has 3 aromatic rings. The van der Waals surface area contributed by atoms with Gasteiger partial charge in [0.1, 0.15) is 0 Å². The molecule has 1 aromatic carbocycles. The van der Waals surface area contributed by atoms with E-state index in [9.17, 15) is 0 Å². The fourth-order valence-electron chi connectivity index (χ4n) is 1.90. The van der Waals surface area contributed by atoms with Crippen LogP contribution in [0.4, 0.5) is 0 Å². The third-order valence-corrected chi connectivity index (χ3v) is 3.51. The van der Waals surface area contributed by atoms with Crippen LogP contribution >= 0.6 is 11.3 Å². The van der Waals surface area contributed by atoms with Crippen molar-refractivity contribution in [2.45, 2.75) is 13.8 Å². The van der Waals surface area contributed by atoms with Crippen molar-refractivity contribution in [2.24, 2.45) is 0 Å². The first kappa shape index (κ1) is 8.80. The fraction of sp³-hybridized carbons (Fsp3) is 0.167. The number of aryl methyl sites for hydroxylation is 2. The zero-order valence-corrected chi connectivity index (χ0v) is 9.43. The average molecular weight is 214 g/mol. The van der Waals surface area contributed by atoms with E-state index in [4.69, 9.17) is 0 Å². The van der Waals surface area contributed by atoms with Crippen molar-refractivity contribution in [1.82, 2.24) is 9.97 Å². The van der Waals surface area contributed by atoms with Crippen LogP contribution in [0.5, 0.6) is 0 Å². The lowest BCUT2D eigenvalue weighted by Gasteiger charge is -2.00. The van der Waals surface area contributed by atoms with Crippen LogP contribution in [0.15, 0.2) is 24.4 Å². The fourth-order valence-corrected chi connectivity index (χ4v) is 2.74. The molecule has 0 aliphatic carbocycles. The summed E-state index contributed by atoms with van der Waals surface area (Å²) >= 11 is 1.74. The van der Waals surface area contributed by atoms with E-state index in [-0.39, 0.29) is 0 Å². The Kier molecular flexibility index (Phi) is 1.76. The monoisotopic (exact) mass is 214 g/mol. The van der Waals surface area contributed by atoms with Crippen LogP contribution in [0.3, 0.4) is 0 Å². The minimum atomic E-state index is 1.04. The molecule has 0 aliphatic rings. The maximum atomic E-state index is 4.58. The van der Waals surface area contributed by atoms with E-state index in [0.29, 0.717) is 0 Å². The van der Waals surface area contributed by atoms with Crippen molar-refractivity contribution >= 4 is 32.5 Å². The van der Waals surface area contributed by atoms with E-state index in [2.05, 4.69) is 29.0 Å². The Bertz CT molecular complexity index is 655. The summed E-state index contributed by atoms with van der Waals surface area (Å²) in [5.74, 6) is 0. The molecule has 2 heterocycles. The molecule has 0 aliphatic heterocycles. The number of thiazole rings is 1. The zero-order valence-electron chi connectivity index (χ0n) is 8.61. The molecule has 0 fully saturated rings. The summed E-state index contributed by atoms with van der Waals surface area (Å²) < 4.78 is 1.25. The van der Waals surface area contributed by atoms with Gasteiger partial charge in [-0.3, -0.25) is 4.98 Å². The van der Waals surface area contributed by atoms with Gasteiger partial charge in [0.2, 0.25) is 0 Å². The molecule has 0 atom stereocenters. The first-order valence-electron chi connectivity index (χ1n) is 4.87. The smallest absolute Gasteiger partial charge is 0.0912 e. The predicted molar refractivity (Wildman–Crippen MR) is 64.4 cm³/mol. The maximum Gasteiger partial charge on any atom is 0.0912 e. The minimum absolute atomic E-state index is 1.04. The number of benzene rings is 1. The summed E-state index contributed by atoms with van der Waals surface area (Å²) in [5, 5.41) is 2.31. The third-order valence-electron chi connectivity index (χ3n) is 2.58. The van der Waals surface area contributed by atoms with E-state index < -0.39 is 0 Å². The normalized spacial score (nSPS) is 11.3. The Hall–Kier alpha value is -1.48. The van der Waals surface area contributed by atoms with Gasteiger partial charge in [-0.1, -0.05) is 0 Å². The molecule has 0 saturated carbocycles. The summed E-state index contributed by atoms with van der Waals surface area (Å²) in [4.78, 5) is 8.95. The topological polar surface area (TPSA) is 25.8 Å². The Morgan fingerprint density at radius 2 is 2.00 bits per heavy atom. The SMILES string of the molecule is Cc1nc2c(ccc3nccc(C)c32)s1. The van der Waals surface area contributed by atoms with Gasteiger partial charge in [-0.2, -0.15) is 0 Å². The number of hydrogen-bond donors (Lipinski definition) is 0. The van der Waals surface area contributed by atoms with Gasteiger partial charge in [-0.15, -0.1) is 11.3 Å². The Labute approximate surface area is 91.6 Å². The van der Waals surface area contributed by atoms with Gasteiger partial charge in [0.15, 0.2) is 0 Å². The van der Waals surface area contributed by atoms with E-state index >= 15 is 0 Å². The van der Waals surface area contributed by atoms with Gasteiger partial charge in [0.25, 0.3) is 0 Å². The molecule has 3 rings (SSSR count).